The summed E-state index contributed by atoms with van der Waals surface area (Å²) in [6.07, 6.45) is 2.72. The van der Waals surface area contributed by atoms with Gasteiger partial charge in [-0.3, -0.25) is 14.2 Å². The van der Waals surface area contributed by atoms with E-state index in [1.165, 1.54) is 17.1 Å². The first-order valence-electron chi connectivity index (χ1n) is 3.53. The summed E-state index contributed by atoms with van der Waals surface area (Å²) in [5.41, 5.74) is -0.197. The van der Waals surface area contributed by atoms with Crippen molar-refractivity contribution in [3.63, 3.8) is 0 Å². The first kappa shape index (κ1) is 10.2. The number of carboxylic acid groups (broad SMARTS) is 1. The largest absolute Gasteiger partial charge is 0.481 e. The number of hydrogen-bond donors (Lipinski definition) is 1. The van der Waals surface area contributed by atoms with Crippen LogP contribution in [-0.2, 0) is 11.3 Å². The molecule has 1 rings (SSSR count). The molecule has 0 saturated carbocycles. The van der Waals surface area contributed by atoms with Crippen molar-refractivity contribution in [1.29, 1.82) is 0 Å². The van der Waals surface area contributed by atoms with Crippen LogP contribution in [0.3, 0.4) is 0 Å². The van der Waals surface area contributed by atoms with Crippen LogP contribution in [0.1, 0.15) is 6.42 Å². The van der Waals surface area contributed by atoms with E-state index in [-0.39, 0.29) is 18.5 Å². The van der Waals surface area contributed by atoms with E-state index in [4.69, 9.17) is 5.11 Å². The predicted molar refractivity (Wildman–Crippen MR) is 53.5 cm³/mol. The molecule has 0 bridgehead atoms. The van der Waals surface area contributed by atoms with Crippen LogP contribution in [0.5, 0.6) is 0 Å². The maximum Gasteiger partial charge on any atom is 0.305 e. The lowest BCUT2D eigenvalue weighted by Gasteiger charge is -2.01. The number of nitrogens with zero attached hydrogens (tertiary/aromatic N) is 2. The Morgan fingerprint density at radius 1 is 1.69 bits per heavy atom. The lowest BCUT2D eigenvalue weighted by molar-refractivity contribution is -0.137. The summed E-state index contributed by atoms with van der Waals surface area (Å²) in [4.78, 5) is 25.3. The number of halogens is 1. The molecule has 1 N–H and O–H groups in total. The van der Waals surface area contributed by atoms with Gasteiger partial charge in [-0.2, -0.15) is 0 Å². The molecule has 0 unspecified atom stereocenters. The van der Waals surface area contributed by atoms with Gasteiger partial charge in [0.25, 0.3) is 5.56 Å². The van der Waals surface area contributed by atoms with Gasteiger partial charge in [0.2, 0.25) is 0 Å². The second-order valence-electron chi connectivity index (χ2n) is 2.38. The van der Waals surface area contributed by atoms with Crippen molar-refractivity contribution in [3.8, 4) is 0 Å². The third-order valence-corrected chi connectivity index (χ3v) is 2.17. The van der Waals surface area contributed by atoms with Crippen LogP contribution in [0, 0.1) is 3.57 Å². The Labute approximate surface area is 87.6 Å². The highest BCUT2D eigenvalue weighted by Gasteiger charge is 2.02. The highest BCUT2D eigenvalue weighted by Crippen LogP contribution is 1.94. The lowest BCUT2D eigenvalue weighted by Crippen LogP contribution is -2.23. The van der Waals surface area contributed by atoms with Crippen LogP contribution in [0.25, 0.3) is 0 Å². The van der Waals surface area contributed by atoms with Crippen LogP contribution in [-0.4, -0.2) is 20.6 Å². The van der Waals surface area contributed by atoms with Crippen LogP contribution in [0.2, 0.25) is 0 Å². The molecule has 0 saturated heterocycles. The minimum atomic E-state index is -0.925. The van der Waals surface area contributed by atoms with Crippen LogP contribution >= 0.6 is 22.6 Å². The smallest absolute Gasteiger partial charge is 0.305 e. The van der Waals surface area contributed by atoms with Gasteiger partial charge in [0.05, 0.1) is 16.3 Å². The Morgan fingerprint density at radius 2 is 2.38 bits per heavy atom. The molecule has 0 aromatic carbocycles. The molecule has 0 atom stereocenters. The van der Waals surface area contributed by atoms with Crippen molar-refractivity contribution in [2.75, 3.05) is 0 Å². The number of aliphatic carboxylic acids is 1. The quantitative estimate of drug-likeness (QED) is 0.815. The van der Waals surface area contributed by atoms with Gasteiger partial charge in [0.1, 0.15) is 0 Å². The summed E-state index contributed by atoms with van der Waals surface area (Å²) in [6.45, 7) is 0.165. The average Bonchev–Trinajstić information content (AvgIpc) is 2.07. The number of aromatic nitrogens is 2. The molecular weight excluding hydrogens is 287 g/mol. The van der Waals surface area contributed by atoms with E-state index >= 15 is 0 Å². The van der Waals surface area contributed by atoms with E-state index in [2.05, 4.69) is 4.98 Å². The molecule has 13 heavy (non-hydrogen) atoms. The molecule has 0 aliphatic carbocycles. The van der Waals surface area contributed by atoms with Gasteiger partial charge in [-0.1, -0.05) is 0 Å². The van der Waals surface area contributed by atoms with E-state index in [0.717, 1.165) is 0 Å². The summed E-state index contributed by atoms with van der Waals surface area (Å²) in [6, 6.07) is 0. The zero-order chi connectivity index (χ0) is 9.84. The second-order valence-corrected chi connectivity index (χ2v) is 3.55. The number of aryl methyl sites for hydroxylation is 1. The fraction of sp³-hybridized carbons (Fsp3) is 0.286. The Morgan fingerprint density at radius 3 is 3.00 bits per heavy atom. The van der Waals surface area contributed by atoms with Gasteiger partial charge < -0.3 is 5.11 Å². The van der Waals surface area contributed by atoms with Gasteiger partial charge in [-0.25, -0.2) is 4.98 Å². The Bertz CT molecular complexity index is 374. The number of carboxylic acids is 1. The van der Waals surface area contributed by atoms with Gasteiger partial charge in [-0.15, -0.1) is 0 Å². The van der Waals surface area contributed by atoms with Crippen molar-refractivity contribution in [1.82, 2.24) is 9.55 Å². The Hall–Kier alpha value is -0.920. The lowest BCUT2D eigenvalue weighted by atomic mass is 10.4. The molecule has 5 nitrogen and oxygen atoms in total. The third-order valence-electron chi connectivity index (χ3n) is 1.43. The Kier molecular flexibility index (Phi) is 3.40. The summed E-state index contributed by atoms with van der Waals surface area (Å²) in [5, 5.41) is 8.40. The molecule has 0 amide bonds. The van der Waals surface area contributed by atoms with Crippen molar-refractivity contribution in [2.45, 2.75) is 13.0 Å². The van der Waals surface area contributed by atoms with Crippen LogP contribution in [0.15, 0.2) is 17.3 Å². The maximum atomic E-state index is 11.3. The third kappa shape index (κ3) is 2.79. The molecule has 1 aromatic heterocycles. The van der Waals surface area contributed by atoms with Gasteiger partial charge in [0.15, 0.2) is 0 Å². The normalized spacial score (nSPS) is 9.92. The summed E-state index contributed by atoms with van der Waals surface area (Å²) < 4.78 is 1.78. The molecule has 70 valence electrons. The predicted octanol–water partition coefficient (Wildman–Crippen LogP) is 0.323. The first-order chi connectivity index (χ1) is 6.11. The van der Waals surface area contributed by atoms with Crippen molar-refractivity contribution >= 4 is 28.6 Å². The molecule has 0 radical (unpaired) electrons. The monoisotopic (exact) mass is 294 g/mol. The highest BCUT2D eigenvalue weighted by atomic mass is 127. The molecular formula is C7H7IN2O3. The molecule has 0 spiro atoms. The SMILES string of the molecule is O=C(O)CCn1cncc(I)c1=O. The van der Waals surface area contributed by atoms with Crippen molar-refractivity contribution in [3.05, 3.63) is 26.4 Å². The highest BCUT2D eigenvalue weighted by molar-refractivity contribution is 14.1. The minimum absolute atomic E-state index is 0.0678. The van der Waals surface area contributed by atoms with Gasteiger partial charge in [0, 0.05) is 12.7 Å². The number of carbonyl (C=O) groups is 1. The van der Waals surface area contributed by atoms with E-state index in [9.17, 15) is 9.59 Å². The zero-order valence-corrected chi connectivity index (χ0v) is 8.76. The average molecular weight is 294 g/mol. The second kappa shape index (κ2) is 4.35. The van der Waals surface area contributed by atoms with Crippen molar-refractivity contribution in [2.24, 2.45) is 0 Å². The summed E-state index contributed by atoms with van der Waals surface area (Å²) in [7, 11) is 0. The fourth-order valence-corrected chi connectivity index (χ4v) is 1.27. The number of rotatable bonds is 3. The Balaban J connectivity index is 2.84. The molecule has 0 fully saturated rings. The molecule has 1 aromatic rings. The molecule has 0 aliphatic rings. The van der Waals surface area contributed by atoms with Crippen LogP contribution in [0.4, 0.5) is 0 Å². The molecule has 1 heterocycles. The molecule has 0 aliphatic heterocycles. The summed E-state index contributed by atoms with van der Waals surface area (Å²) in [5.74, 6) is -0.925. The first-order valence-corrected chi connectivity index (χ1v) is 4.61. The van der Waals surface area contributed by atoms with E-state index in [1.54, 1.807) is 0 Å². The standard InChI is InChI=1S/C7H7IN2O3/c8-5-3-9-4-10(7(5)13)2-1-6(11)12/h3-4H,1-2H2,(H,11,12). The van der Waals surface area contributed by atoms with E-state index in [0.29, 0.717) is 3.57 Å². The molecule has 6 heteroatoms. The maximum absolute atomic E-state index is 11.3. The van der Waals surface area contributed by atoms with Gasteiger partial charge >= 0.3 is 5.97 Å². The van der Waals surface area contributed by atoms with E-state index in [1.807, 2.05) is 22.6 Å². The minimum Gasteiger partial charge on any atom is -0.481 e. The van der Waals surface area contributed by atoms with Crippen LogP contribution < -0.4 is 5.56 Å². The summed E-state index contributed by atoms with van der Waals surface area (Å²) >= 11 is 1.86. The van der Waals surface area contributed by atoms with Gasteiger partial charge in [-0.05, 0) is 22.6 Å². The fourth-order valence-electron chi connectivity index (χ4n) is 0.799. The van der Waals surface area contributed by atoms with E-state index < -0.39 is 5.97 Å². The topological polar surface area (TPSA) is 72.2 Å². The number of hydrogen-bond acceptors (Lipinski definition) is 3. The zero-order valence-electron chi connectivity index (χ0n) is 6.61. The van der Waals surface area contributed by atoms with Crippen molar-refractivity contribution < 1.29 is 9.90 Å².